The normalized spacial score (nSPS) is 38.7. The molecule has 13 atom stereocenters. The molecule has 0 aliphatic carbocycles. The number of Topliss-reactive ketones (excluding diaryl/α,β-unsaturated/α-hetero) is 1. The molecule has 0 spiro atoms. The van der Waals surface area contributed by atoms with Gasteiger partial charge in [0.15, 0.2) is 18.7 Å². The van der Waals surface area contributed by atoms with Crippen LogP contribution in [0.2, 0.25) is 0 Å². The van der Waals surface area contributed by atoms with E-state index in [1.807, 2.05) is 32.8 Å². The first-order chi connectivity index (χ1) is 26.8. The molecule has 16 nitrogen and oxygen atoms in total. The van der Waals surface area contributed by atoms with E-state index in [1.165, 1.54) is 27.1 Å². The number of oxime groups is 1. The van der Waals surface area contributed by atoms with E-state index in [4.69, 9.17) is 28.5 Å². The van der Waals surface area contributed by atoms with Gasteiger partial charge in [0.1, 0.15) is 35.8 Å². The molecular weight excluding hydrogens is 738 g/mol. The maximum absolute atomic E-state index is 14.4. The highest BCUT2D eigenvalue weighted by Crippen LogP contribution is 2.40. The van der Waals surface area contributed by atoms with Crippen molar-refractivity contribution in [1.82, 2.24) is 14.9 Å². The number of carbonyl (C=O) groups excluding carboxylic acids is 3. The van der Waals surface area contributed by atoms with Gasteiger partial charge < -0.3 is 43.6 Å². The molecule has 3 saturated heterocycles. The number of likely N-dealkylation sites (N-methyl/N-ethyl adjacent to an activating group) is 1. The zero-order chi connectivity index (χ0) is 42.2. The van der Waals surface area contributed by atoms with Gasteiger partial charge in [-0.1, -0.05) is 44.7 Å². The van der Waals surface area contributed by atoms with E-state index >= 15 is 0 Å². The largest absolute Gasteiger partial charge is 0.459 e. The van der Waals surface area contributed by atoms with Crippen molar-refractivity contribution in [2.75, 3.05) is 33.9 Å². The SMILES string of the molecule is CC[C@H]1OC(=O)[C@H](C)C(=O)[C@H](C)[C@@H](O[C@@H]2O[C@H](C)C[C@H](N(C)C)[C@H]2O)[C@@]2(C)C[C@@H](C)C(=NC(C)=O)[C@H](C)[C@H](OC/C(=N\OCC#Cc3cncnc3)CO2)[C@]1(C)O. The van der Waals surface area contributed by atoms with Crippen LogP contribution in [0.1, 0.15) is 87.1 Å². The van der Waals surface area contributed by atoms with Gasteiger partial charge in [0.2, 0.25) is 5.91 Å². The molecule has 2 bridgehead atoms. The van der Waals surface area contributed by atoms with Crippen LogP contribution >= 0.6 is 0 Å². The number of carbonyl (C=O) groups is 3. The average molecular weight is 800 g/mol. The summed E-state index contributed by atoms with van der Waals surface area (Å²) < 4.78 is 32.2. The van der Waals surface area contributed by atoms with Gasteiger partial charge in [-0.25, -0.2) is 15.0 Å². The number of cyclic esters (lactones) is 1. The molecule has 2 N–H and O–H groups in total. The third-order valence-electron chi connectivity index (χ3n) is 11.2. The smallest absolute Gasteiger partial charge is 0.316 e. The number of aliphatic hydroxyl groups is 2. The van der Waals surface area contributed by atoms with E-state index in [1.54, 1.807) is 40.1 Å². The number of rotatable bonds is 6. The minimum absolute atomic E-state index is 0.106. The fraction of sp³-hybridized carbons (Fsp3) is 0.732. The molecule has 3 fully saturated rings. The second kappa shape index (κ2) is 19.8. The summed E-state index contributed by atoms with van der Waals surface area (Å²) in [6, 6.07) is -0.325. The van der Waals surface area contributed by atoms with Crippen LogP contribution in [0.5, 0.6) is 0 Å². The molecule has 16 heteroatoms. The molecule has 0 radical (unpaired) electrons. The average Bonchev–Trinajstić information content (AvgIpc) is 3.17. The number of aliphatic imine (C=N–C) groups is 1. The molecule has 1 aromatic rings. The second-order valence-electron chi connectivity index (χ2n) is 16.2. The van der Waals surface area contributed by atoms with Crippen LogP contribution in [-0.4, -0.2) is 142 Å². The molecule has 1 amide bonds. The number of nitrogens with zero attached hydrogens (tertiary/aromatic N) is 5. The monoisotopic (exact) mass is 799 g/mol. The van der Waals surface area contributed by atoms with Crippen molar-refractivity contribution in [2.45, 2.75) is 136 Å². The Kier molecular flexibility index (Phi) is 16.0. The molecule has 0 aromatic carbocycles. The highest BCUT2D eigenvalue weighted by atomic mass is 16.7. The molecule has 57 heavy (non-hydrogen) atoms. The third kappa shape index (κ3) is 11.3. The number of hydrogen-bond donors (Lipinski definition) is 2. The summed E-state index contributed by atoms with van der Waals surface area (Å²) in [7, 11) is 3.72. The topological polar surface area (TPSA) is 201 Å². The zero-order valence-corrected chi connectivity index (χ0v) is 35.1. The maximum atomic E-state index is 14.4. The minimum atomic E-state index is -1.85. The fourth-order valence-corrected chi connectivity index (χ4v) is 8.26. The number of hydrogen-bond acceptors (Lipinski definition) is 15. The summed E-state index contributed by atoms with van der Waals surface area (Å²) in [4.78, 5) is 60.9. The predicted octanol–water partition coefficient (Wildman–Crippen LogP) is 2.76. The number of aromatic nitrogens is 2. The van der Waals surface area contributed by atoms with Crippen molar-refractivity contribution in [3.05, 3.63) is 24.3 Å². The Hall–Kier alpha value is -3.69. The van der Waals surface area contributed by atoms with Crippen LogP contribution in [0, 0.1) is 35.5 Å². The van der Waals surface area contributed by atoms with Crippen LogP contribution in [0.15, 0.2) is 28.9 Å². The maximum Gasteiger partial charge on any atom is 0.316 e. The number of aliphatic hydroxyl groups excluding tert-OH is 1. The van der Waals surface area contributed by atoms with Crippen molar-refractivity contribution in [3.63, 3.8) is 0 Å². The molecule has 3 aliphatic rings. The quantitative estimate of drug-likeness (QED) is 0.140. The van der Waals surface area contributed by atoms with Crippen molar-refractivity contribution < 1.29 is 53.1 Å². The van der Waals surface area contributed by atoms with Crippen molar-refractivity contribution >= 4 is 29.1 Å². The van der Waals surface area contributed by atoms with E-state index < -0.39 is 83.2 Å². The third-order valence-corrected chi connectivity index (χ3v) is 11.2. The van der Waals surface area contributed by atoms with Crippen molar-refractivity contribution in [3.8, 4) is 11.8 Å². The molecule has 1 aromatic heterocycles. The van der Waals surface area contributed by atoms with Crippen LogP contribution in [0.4, 0.5) is 0 Å². The van der Waals surface area contributed by atoms with Crippen molar-refractivity contribution in [2.24, 2.45) is 33.8 Å². The molecule has 0 unspecified atom stereocenters. The molecule has 3 aliphatic heterocycles. The summed E-state index contributed by atoms with van der Waals surface area (Å²) in [5, 5.41) is 28.3. The van der Waals surface area contributed by atoms with Gasteiger partial charge in [0, 0.05) is 42.9 Å². The molecular formula is C41H61N5O11. The summed E-state index contributed by atoms with van der Waals surface area (Å²) in [5.74, 6) is 0.417. The van der Waals surface area contributed by atoms with Gasteiger partial charge in [-0.3, -0.25) is 14.4 Å². The lowest BCUT2D eigenvalue weighted by atomic mass is 9.73. The van der Waals surface area contributed by atoms with Crippen LogP contribution < -0.4 is 0 Å². The molecule has 4 rings (SSSR count). The number of ether oxygens (including phenoxy) is 5. The molecule has 4 heterocycles. The second-order valence-corrected chi connectivity index (χ2v) is 16.2. The van der Waals surface area contributed by atoms with Gasteiger partial charge >= 0.3 is 5.97 Å². The van der Waals surface area contributed by atoms with Gasteiger partial charge in [0.05, 0.1) is 42.7 Å². The first-order valence-corrected chi connectivity index (χ1v) is 19.7. The first kappa shape index (κ1) is 46.0. The summed E-state index contributed by atoms with van der Waals surface area (Å²) in [6.45, 7) is 14.5. The molecule has 316 valence electrons. The Morgan fingerprint density at radius 2 is 1.77 bits per heavy atom. The highest BCUT2D eigenvalue weighted by Gasteiger charge is 2.53. The Bertz CT molecular complexity index is 1680. The number of ketones is 1. The Balaban J connectivity index is 1.91. The van der Waals surface area contributed by atoms with E-state index in [9.17, 15) is 24.6 Å². The van der Waals surface area contributed by atoms with E-state index in [0.29, 0.717) is 17.7 Å². The van der Waals surface area contributed by atoms with E-state index in [0.717, 1.165) is 0 Å². The van der Waals surface area contributed by atoms with E-state index in [-0.39, 0.29) is 50.5 Å². The Labute approximate surface area is 336 Å². The Morgan fingerprint density at radius 3 is 2.40 bits per heavy atom. The Morgan fingerprint density at radius 1 is 1.09 bits per heavy atom. The van der Waals surface area contributed by atoms with Crippen LogP contribution in [-0.2, 0) is 42.9 Å². The van der Waals surface area contributed by atoms with Crippen molar-refractivity contribution in [1.29, 1.82) is 0 Å². The lowest BCUT2D eigenvalue weighted by Crippen LogP contribution is -2.60. The predicted molar refractivity (Wildman–Crippen MR) is 209 cm³/mol. The van der Waals surface area contributed by atoms with Gasteiger partial charge in [-0.2, -0.15) is 0 Å². The van der Waals surface area contributed by atoms with Crippen LogP contribution in [0.25, 0.3) is 0 Å². The number of fused-ring (bicyclic) bond motifs is 5. The lowest BCUT2D eigenvalue weighted by Gasteiger charge is -2.47. The van der Waals surface area contributed by atoms with E-state index in [2.05, 4.69) is 32.0 Å². The zero-order valence-electron chi connectivity index (χ0n) is 35.1. The number of amides is 1. The standard InChI is InChI=1S/C41H61N5O11/c1-12-32-41(9,51)37-25(4)33(44-28(7)47)23(2)17-40(8,53-21-30(20-52-37)45-54-15-13-14-29-18-42-22-43-19-29)36(26(5)34(48)27(6)38(50)56-32)57-39-35(49)31(46(10)11)16-24(3)55-39/h18-19,22-27,31-32,35-37,39,49,51H,12,15-17,20-21H2,1-11H3/b44-33?,45-30+/t23-,24-,25+,26+,27-,31+,32-,35-,36-,37+,39+,40-,41-/m1/s1. The minimum Gasteiger partial charge on any atom is -0.459 e. The first-order valence-electron chi connectivity index (χ1n) is 19.7. The summed E-state index contributed by atoms with van der Waals surface area (Å²) >= 11 is 0. The van der Waals surface area contributed by atoms with Gasteiger partial charge in [-0.15, -0.1) is 0 Å². The lowest BCUT2D eigenvalue weighted by molar-refractivity contribution is -0.296. The summed E-state index contributed by atoms with van der Waals surface area (Å²) in [6.07, 6.45) is -0.614. The van der Waals surface area contributed by atoms with Crippen LogP contribution in [0.3, 0.4) is 0 Å². The molecule has 0 saturated carbocycles. The number of esters is 1. The highest BCUT2D eigenvalue weighted by molar-refractivity contribution is 6.00. The summed E-state index contributed by atoms with van der Waals surface area (Å²) in [5.41, 5.74) is -2.00. The van der Waals surface area contributed by atoms with Gasteiger partial charge in [-0.05, 0) is 67.0 Å². The van der Waals surface area contributed by atoms with Gasteiger partial charge in [0.25, 0.3) is 0 Å². The fourth-order valence-electron chi connectivity index (χ4n) is 8.26.